The zero-order valence-electron chi connectivity index (χ0n) is 7.38. The fourth-order valence-corrected chi connectivity index (χ4v) is 0.479. The van der Waals surface area contributed by atoms with Crippen molar-refractivity contribution in [3.8, 4) is 0 Å². The van der Waals surface area contributed by atoms with Gasteiger partial charge in [0.05, 0.1) is 6.54 Å². The van der Waals surface area contributed by atoms with Crippen LogP contribution in [0.2, 0.25) is 0 Å². The second-order valence-corrected chi connectivity index (χ2v) is 3.26. The van der Waals surface area contributed by atoms with E-state index in [4.69, 9.17) is 9.94 Å². The molecule has 5 heteroatoms. The van der Waals surface area contributed by atoms with Gasteiger partial charge in [0.2, 0.25) is 0 Å². The molecule has 0 unspecified atom stereocenters. The molecule has 0 spiro atoms. The molecule has 0 aromatic rings. The van der Waals surface area contributed by atoms with Crippen LogP contribution >= 0.6 is 0 Å². The minimum atomic E-state index is -0.941. The van der Waals surface area contributed by atoms with Gasteiger partial charge in [-0.2, -0.15) is 5.48 Å². The second-order valence-electron chi connectivity index (χ2n) is 3.26. The lowest BCUT2D eigenvalue weighted by molar-refractivity contribution is -0.162. The molecule has 0 bridgehead atoms. The third-order valence-electron chi connectivity index (χ3n) is 0.866. The summed E-state index contributed by atoms with van der Waals surface area (Å²) in [7, 11) is 0. The van der Waals surface area contributed by atoms with E-state index in [0.29, 0.717) is 0 Å². The highest BCUT2D eigenvalue weighted by Gasteiger charge is 2.21. The van der Waals surface area contributed by atoms with Crippen molar-refractivity contribution in [2.45, 2.75) is 26.4 Å². The molecule has 0 aliphatic carbocycles. The molecule has 0 saturated heterocycles. The molecule has 0 atom stereocenters. The lowest BCUT2D eigenvalue weighted by atomic mass is 10.2. The van der Waals surface area contributed by atoms with Crippen LogP contribution in [0.25, 0.3) is 0 Å². The molecule has 70 valence electrons. The lowest BCUT2D eigenvalue weighted by Crippen LogP contribution is -2.33. The van der Waals surface area contributed by atoms with Crippen molar-refractivity contribution < 1.29 is 19.5 Å². The number of ether oxygens (including phenoxy) is 1. The highest BCUT2D eigenvalue weighted by atomic mass is 16.6. The minimum absolute atomic E-state index is 0.422. The van der Waals surface area contributed by atoms with Crippen molar-refractivity contribution in [1.82, 2.24) is 5.48 Å². The summed E-state index contributed by atoms with van der Waals surface area (Å²) < 4.78 is 4.71. The van der Waals surface area contributed by atoms with Crippen molar-refractivity contribution in [2.24, 2.45) is 0 Å². The Morgan fingerprint density at radius 3 is 2.25 bits per heavy atom. The third kappa shape index (κ3) is 4.81. The fraction of sp³-hybridized carbons (Fsp3) is 0.714. The summed E-state index contributed by atoms with van der Waals surface area (Å²) >= 11 is 0. The first-order valence-corrected chi connectivity index (χ1v) is 3.50. The molecule has 0 amide bonds. The van der Waals surface area contributed by atoms with E-state index >= 15 is 0 Å². The van der Waals surface area contributed by atoms with E-state index in [9.17, 15) is 9.59 Å². The van der Waals surface area contributed by atoms with E-state index in [0.717, 1.165) is 0 Å². The largest absolute Gasteiger partial charge is 0.454 e. The maximum absolute atomic E-state index is 10.8. The molecule has 2 N–H and O–H groups in total. The fourth-order valence-electron chi connectivity index (χ4n) is 0.479. The molecular weight excluding hydrogens is 162 g/mol. The first kappa shape index (κ1) is 11.1. The van der Waals surface area contributed by atoms with Crippen molar-refractivity contribution in [3.63, 3.8) is 0 Å². The molecule has 0 saturated carbocycles. The Bertz CT molecular complexity index is 182. The van der Waals surface area contributed by atoms with Gasteiger partial charge in [-0.05, 0) is 20.8 Å². The van der Waals surface area contributed by atoms with E-state index in [-0.39, 0.29) is 0 Å². The molecule has 0 fully saturated rings. The standard InChI is InChI=1S/C7H13NO4/c1-7(2,3)12-6(10)5(9)4-8-11/h8,11H,4H2,1-3H3. The van der Waals surface area contributed by atoms with E-state index < -0.39 is 23.9 Å². The number of carbonyl (C=O) groups excluding carboxylic acids is 2. The van der Waals surface area contributed by atoms with Crippen LogP contribution in [0.3, 0.4) is 0 Å². The van der Waals surface area contributed by atoms with Crippen LogP contribution in [0.4, 0.5) is 0 Å². The van der Waals surface area contributed by atoms with Crippen molar-refractivity contribution >= 4 is 11.8 Å². The highest BCUT2D eigenvalue weighted by molar-refractivity contribution is 6.34. The Morgan fingerprint density at radius 1 is 1.42 bits per heavy atom. The number of esters is 1. The normalized spacial score (nSPS) is 11.0. The van der Waals surface area contributed by atoms with Gasteiger partial charge in [0.15, 0.2) is 0 Å². The number of hydrogen-bond donors (Lipinski definition) is 2. The van der Waals surface area contributed by atoms with Crippen LogP contribution in [-0.4, -0.2) is 29.1 Å². The van der Waals surface area contributed by atoms with Crippen LogP contribution in [0.1, 0.15) is 20.8 Å². The summed E-state index contributed by atoms with van der Waals surface area (Å²) in [5.41, 5.74) is 0.905. The van der Waals surface area contributed by atoms with E-state index in [1.54, 1.807) is 26.3 Å². The number of hydrogen-bond acceptors (Lipinski definition) is 5. The summed E-state index contributed by atoms with van der Waals surface area (Å²) in [6.45, 7) is 4.55. The van der Waals surface area contributed by atoms with Crippen LogP contribution in [0, 0.1) is 0 Å². The Hall–Kier alpha value is -0.940. The predicted molar refractivity (Wildman–Crippen MR) is 40.6 cm³/mol. The molecule has 0 aromatic heterocycles. The topological polar surface area (TPSA) is 75.6 Å². The number of hydroxylamine groups is 1. The van der Waals surface area contributed by atoms with Gasteiger partial charge in [-0.3, -0.25) is 4.79 Å². The van der Waals surface area contributed by atoms with Gasteiger partial charge in [-0.15, -0.1) is 0 Å². The number of ketones is 1. The van der Waals surface area contributed by atoms with Crippen LogP contribution < -0.4 is 5.48 Å². The Labute approximate surface area is 70.7 Å². The molecule has 5 nitrogen and oxygen atoms in total. The maximum atomic E-state index is 10.8. The predicted octanol–water partition coefficient (Wildman–Crippen LogP) is -0.124. The van der Waals surface area contributed by atoms with Crippen LogP contribution in [0.15, 0.2) is 0 Å². The van der Waals surface area contributed by atoms with Crippen LogP contribution in [-0.2, 0) is 14.3 Å². The Balaban J connectivity index is 3.97. The maximum Gasteiger partial charge on any atom is 0.376 e. The highest BCUT2D eigenvalue weighted by Crippen LogP contribution is 2.06. The average molecular weight is 175 g/mol. The number of Topliss-reactive ketones (excluding diaryl/α,β-unsaturated/α-hetero) is 1. The van der Waals surface area contributed by atoms with E-state index in [1.807, 2.05) is 0 Å². The summed E-state index contributed by atoms with van der Waals surface area (Å²) in [5, 5.41) is 8.11. The van der Waals surface area contributed by atoms with E-state index in [2.05, 4.69) is 0 Å². The Morgan fingerprint density at radius 2 is 1.92 bits per heavy atom. The monoisotopic (exact) mass is 175 g/mol. The SMILES string of the molecule is CC(C)(C)OC(=O)C(=O)CNO. The summed E-state index contributed by atoms with van der Waals surface area (Å²) in [6.07, 6.45) is 0. The summed E-state index contributed by atoms with van der Waals surface area (Å²) in [4.78, 5) is 21.5. The third-order valence-corrected chi connectivity index (χ3v) is 0.866. The second kappa shape index (κ2) is 4.18. The molecule has 0 aliphatic heterocycles. The average Bonchev–Trinajstić information content (AvgIpc) is 1.84. The number of carbonyl (C=O) groups is 2. The van der Waals surface area contributed by atoms with Crippen molar-refractivity contribution in [2.75, 3.05) is 6.54 Å². The first-order chi connectivity index (χ1) is 5.37. The van der Waals surface area contributed by atoms with Gasteiger partial charge in [0.25, 0.3) is 5.78 Å². The molecular formula is C7H13NO4. The van der Waals surface area contributed by atoms with Gasteiger partial charge in [-0.25, -0.2) is 4.79 Å². The molecule has 0 radical (unpaired) electrons. The van der Waals surface area contributed by atoms with Crippen molar-refractivity contribution in [3.05, 3.63) is 0 Å². The van der Waals surface area contributed by atoms with Gasteiger partial charge >= 0.3 is 5.97 Å². The smallest absolute Gasteiger partial charge is 0.376 e. The van der Waals surface area contributed by atoms with Crippen molar-refractivity contribution in [1.29, 1.82) is 0 Å². The molecule has 12 heavy (non-hydrogen) atoms. The molecule has 0 heterocycles. The molecule has 0 aliphatic rings. The molecule has 0 rings (SSSR count). The van der Waals surface area contributed by atoms with Gasteiger partial charge in [-0.1, -0.05) is 0 Å². The Kier molecular flexibility index (Phi) is 3.85. The van der Waals surface area contributed by atoms with Gasteiger partial charge in [0, 0.05) is 0 Å². The van der Waals surface area contributed by atoms with Crippen LogP contribution in [0.5, 0.6) is 0 Å². The minimum Gasteiger partial charge on any atom is -0.454 e. The summed E-state index contributed by atoms with van der Waals surface area (Å²) in [6, 6.07) is 0. The van der Waals surface area contributed by atoms with Gasteiger partial charge < -0.3 is 9.94 Å². The quantitative estimate of drug-likeness (QED) is 0.355. The zero-order valence-corrected chi connectivity index (χ0v) is 7.38. The number of nitrogens with one attached hydrogen (secondary N) is 1. The molecule has 0 aromatic carbocycles. The first-order valence-electron chi connectivity index (χ1n) is 3.50. The zero-order chi connectivity index (χ0) is 9.78. The van der Waals surface area contributed by atoms with E-state index in [1.165, 1.54) is 0 Å². The van der Waals surface area contributed by atoms with Gasteiger partial charge in [0.1, 0.15) is 5.60 Å². The summed E-state index contributed by atoms with van der Waals surface area (Å²) in [5.74, 6) is -1.74. The number of rotatable bonds is 3. The lowest BCUT2D eigenvalue weighted by Gasteiger charge is -2.18.